The smallest absolute Gasteiger partial charge is 0.333 e. The molecule has 6 rings (SSSR count). The number of unbranched alkanes of at least 4 members (excludes halogenated alkanes) is 2. The molecular formula is C69H96N2O16. The fraction of sp³-hybridized carbons (Fsp3) is 0.536. The molecule has 2 amide bonds. The van der Waals surface area contributed by atoms with Crippen molar-refractivity contribution in [3.63, 3.8) is 0 Å². The van der Waals surface area contributed by atoms with E-state index in [0.717, 1.165) is 68.6 Å². The molecule has 0 bridgehead atoms. The standard InChI is InChI=1S/C35H49NO8.C34H47NO8/c1-5-7-8-25(6-2)23-36-31-22-29(42-18-15-32(38)33(39)16-19-44-35(41)24(3)4)14-11-27(31)21-30(34(36)40)26-9-12-28(13-10-26)43-20-17-37;1-4-7-8-24(5-2)23-35-30-22-28(41-18-15-31(37)32(38)16-19-43-33(39)6-3)14-11-26(30)21-29(34(35)40)25-9-12-27(13-10-25)42-20-17-36/h9-14,21-22,25,27,31-33,37-39H,3,5-8,15-20,23H2,1-2,4H3;6,9-14,21-22,24,26,30-32,36-38H,3-5,7-8,15-20,23H2,1-2H3. The lowest BCUT2D eigenvalue weighted by atomic mass is 9.84. The van der Waals surface area contributed by atoms with E-state index in [1.54, 1.807) is 6.92 Å². The van der Waals surface area contributed by atoms with Crippen LogP contribution in [0.1, 0.15) is 123 Å². The zero-order valence-corrected chi connectivity index (χ0v) is 51.7. The van der Waals surface area contributed by atoms with E-state index in [4.69, 9.17) is 38.6 Å². The van der Waals surface area contributed by atoms with Gasteiger partial charge in [-0.05, 0) is 91.3 Å². The number of nitrogens with zero attached hydrogens (tertiary/aromatic N) is 2. The summed E-state index contributed by atoms with van der Waals surface area (Å²) in [5, 5.41) is 59.2. The average Bonchev–Trinajstić information content (AvgIpc) is 1.12. The number of aliphatic hydroxyl groups is 6. The van der Waals surface area contributed by atoms with Crippen LogP contribution in [0.3, 0.4) is 0 Å². The quantitative estimate of drug-likeness (QED) is 0.0271. The minimum absolute atomic E-state index is 0.0141. The van der Waals surface area contributed by atoms with Crippen LogP contribution < -0.4 is 9.47 Å². The molecule has 478 valence electrons. The lowest BCUT2D eigenvalue weighted by Crippen LogP contribution is -2.49. The number of esters is 2. The topological polar surface area (TPSA) is 252 Å². The molecule has 0 spiro atoms. The van der Waals surface area contributed by atoms with Crippen LogP contribution in [-0.4, -0.2) is 167 Å². The van der Waals surface area contributed by atoms with Gasteiger partial charge in [0.1, 0.15) is 36.2 Å². The van der Waals surface area contributed by atoms with Gasteiger partial charge >= 0.3 is 11.9 Å². The average molecular weight is 1210 g/mol. The van der Waals surface area contributed by atoms with Gasteiger partial charge in [0, 0.05) is 73.4 Å². The predicted molar refractivity (Wildman–Crippen MR) is 334 cm³/mol. The highest BCUT2D eigenvalue weighted by molar-refractivity contribution is 6.21. The number of aliphatic hydroxyl groups excluding tert-OH is 6. The van der Waals surface area contributed by atoms with Crippen LogP contribution in [0.2, 0.25) is 0 Å². The Bertz CT molecular complexity index is 2690. The minimum atomic E-state index is -1.06. The number of rotatable bonds is 38. The molecule has 0 aromatic heterocycles. The van der Waals surface area contributed by atoms with Crippen LogP contribution in [0.4, 0.5) is 0 Å². The zero-order valence-electron chi connectivity index (χ0n) is 51.7. The van der Waals surface area contributed by atoms with Gasteiger partial charge in [0.2, 0.25) is 0 Å². The molecule has 2 aromatic rings. The first-order chi connectivity index (χ1) is 42.0. The Kier molecular flexibility index (Phi) is 30.8. The van der Waals surface area contributed by atoms with Crippen LogP contribution in [0.15, 0.2) is 133 Å². The van der Waals surface area contributed by atoms with E-state index in [1.807, 2.05) is 107 Å². The highest BCUT2D eigenvalue weighted by Gasteiger charge is 2.39. The lowest BCUT2D eigenvalue weighted by Gasteiger charge is -2.41. The highest BCUT2D eigenvalue weighted by Crippen LogP contribution is 2.38. The third-order valence-electron chi connectivity index (χ3n) is 16.0. The molecule has 2 aliphatic carbocycles. The largest absolute Gasteiger partial charge is 0.494 e. The summed E-state index contributed by atoms with van der Waals surface area (Å²) in [6.45, 7) is 19.0. The van der Waals surface area contributed by atoms with E-state index >= 15 is 0 Å². The van der Waals surface area contributed by atoms with Gasteiger partial charge in [0.25, 0.3) is 11.8 Å². The van der Waals surface area contributed by atoms with Crippen molar-refractivity contribution in [3.8, 4) is 11.5 Å². The van der Waals surface area contributed by atoms with Crippen molar-refractivity contribution in [2.45, 2.75) is 148 Å². The summed E-state index contributed by atoms with van der Waals surface area (Å²) in [5.41, 5.74) is 3.22. The minimum Gasteiger partial charge on any atom is -0.494 e. The Hall–Kier alpha value is -6.80. The number of hydrogen-bond acceptors (Lipinski definition) is 16. The lowest BCUT2D eigenvalue weighted by molar-refractivity contribution is -0.140. The molecule has 2 aliphatic heterocycles. The van der Waals surface area contributed by atoms with Gasteiger partial charge in [0.15, 0.2) is 0 Å². The second kappa shape index (κ2) is 37.8. The van der Waals surface area contributed by atoms with E-state index in [2.05, 4.69) is 40.9 Å². The van der Waals surface area contributed by atoms with Crippen molar-refractivity contribution in [1.29, 1.82) is 0 Å². The SMILES string of the molecule is C=C(C)C(=O)OCCC(O)C(O)CCOC1=CC2C(C=C1)C=C(c1ccc(OCCO)cc1)C(=O)N2CC(CC)CCCC.C=CC(=O)OCCC(O)C(O)CCOC1=CC2C(C=C1)C=C(c1ccc(OCCO)cc1)C(=O)N2CC(CC)CCCC. The molecule has 0 radical (unpaired) electrons. The molecule has 4 aliphatic rings. The predicted octanol–water partition coefficient (Wildman–Crippen LogP) is 8.76. The fourth-order valence-corrected chi connectivity index (χ4v) is 10.6. The van der Waals surface area contributed by atoms with Gasteiger partial charge in [-0.2, -0.15) is 0 Å². The number of fused-ring (bicyclic) bond motifs is 2. The molecule has 0 saturated heterocycles. The van der Waals surface area contributed by atoms with E-state index in [-0.39, 0.29) is 120 Å². The number of carbonyl (C=O) groups is 4. The normalized spacial score (nSPS) is 19.9. The van der Waals surface area contributed by atoms with Crippen molar-refractivity contribution in [2.75, 3.05) is 65.9 Å². The Balaban J connectivity index is 0.000000317. The van der Waals surface area contributed by atoms with E-state index in [9.17, 15) is 39.6 Å². The number of carbonyl (C=O) groups excluding carboxylic acids is 4. The maximum atomic E-state index is 14.0. The van der Waals surface area contributed by atoms with Gasteiger partial charge < -0.3 is 68.9 Å². The summed E-state index contributed by atoms with van der Waals surface area (Å²) in [7, 11) is 0. The molecule has 2 aromatic carbocycles. The van der Waals surface area contributed by atoms with Crippen LogP contribution in [0, 0.1) is 23.7 Å². The number of amides is 2. The molecule has 6 N–H and O–H groups in total. The monoisotopic (exact) mass is 1210 g/mol. The van der Waals surface area contributed by atoms with E-state index < -0.39 is 36.4 Å². The molecule has 2 heterocycles. The first kappa shape index (κ1) is 71.0. The molecule has 87 heavy (non-hydrogen) atoms. The summed E-state index contributed by atoms with van der Waals surface area (Å²) in [4.78, 5) is 54.6. The second-order valence-electron chi connectivity index (χ2n) is 22.5. The third-order valence-corrected chi connectivity index (χ3v) is 16.0. The van der Waals surface area contributed by atoms with E-state index in [0.29, 0.717) is 59.1 Å². The van der Waals surface area contributed by atoms with Crippen molar-refractivity contribution in [1.82, 2.24) is 9.80 Å². The number of hydrogen-bond donors (Lipinski definition) is 6. The third kappa shape index (κ3) is 22.4. The molecule has 18 heteroatoms. The Morgan fingerprint density at radius 2 is 0.943 bits per heavy atom. The van der Waals surface area contributed by atoms with Gasteiger partial charge in [-0.15, -0.1) is 0 Å². The maximum absolute atomic E-state index is 14.0. The van der Waals surface area contributed by atoms with Crippen molar-refractivity contribution in [3.05, 3.63) is 145 Å². The molecule has 10 atom stereocenters. The second-order valence-corrected chi connectivity index (χ2v) is 22.5. The van der Waals surface area contributed by atoms with Gasteiger partial charge in [0.05, 0.1) is 76.1 Å². The Labute approximate surface area is 514 Å². The summed E-state index contributed by atoms with van der Waals surface area (Å²) < 4.78 is 32.8. The first-order valence-corrected chi connectivity index (χ1v) is 31.1. The number of benzene rings is 2. The molecule has 18 nitrogen and oxygen atoms in total. The van der Waals surface area contributed by atoms with Crippen molar-refractivity contribution in [2.24, 2.45) is 23.7 Å². The molecule has 10 unspecified atom stereocenters. The summed E-state index contributed by atoms with van der Waals surface area (Å²) in [5.74, 6) is 2.05. The van der Waals surface area contributed by atoms with Crippen molar-refractivity contribution < 1.29 is 78.2 Å². The first-order valence-electron chi connectivity index (χ1n) is 31.1. The Morgan fingerprint density at radius 3 is 1.30 bits per heavy atom. The Morgan fingerprint density at radius 1 is 0.552 bits per heavy atom. The summed E-state index contributed by atoms with van der Waals surface area (Å²) >= 11 is 0. The van der Waals surface area contributed by atoms with Crippen molar-refractivity contribution >= 4 is 34.9 Å². The number of allylic oxidation sites excluding steroid dienone is 2. The van der Waals surface area contributed by atoms with Gasteiger partial charge in [-0.1, -0.05) is 128 Å². The van der Waals surface area contributed by atoms with Crippen LogP contribution in [-0.2, 0) is 38.1 Å². The van der Waals surface area contributed by atoms with Gasteiger partial charge in [-0.3, -0.25) is 9.59 Å². The highest BCUT2D eigenvalue weighted by atomic mass is 16.5. The maximum Gasteiger partial charge on any atom is 0.333 e. The summed E-state index contributed by atoms with van der Waals surface area (Å²) in [6, 6.07) is 14.4. The van der Waals surface area contributed by atoms with Crippen LogP contribution in [0.5, 0.6) is 11.5 Å². The summed E-state index contributed by atoms with van der Waals surface area (Å²) in [6.07, 6.45) is 21.8. The van der Waals surface area contributed by atoms with Crippen LogP contribution in [0.25, 0.3) is 11.1 Å². The molecule has 0 fully saturated rings. The van der Waals surface area contributed by atoms with Gasteiger partial charge in [-0.25, -0.2) is 9.59 Å². The number of ether oxygens (including phenoxy) is 6. The molecular weight excluding hydrogens is 1110 g/mol. The zero-order chi connectivity index (χ0) is 63.3. The van der Waals surface area contributed by atoms with Crippen LogP contribution >= 0.6 is 0 Å². The van der Waals surface area contributed by atoms with E-state index in [1.165, 1.54) is 0 Å². The molecule has 0 saturated carbocycles. The fourth-order valence-electron chi connectivity index (χ4n) is 10.6.